The number of hydrogen-bond donors (Lipinski definition) is 3. The second-order valence-electron chi connectivity index (χ2n) is 9.14. The van der Waals surface area contributed by atoms with E-state index in [1.54, 1.807) is 0 Å². The third kappa shape index (κ3) is 9.13. The van der Waals surface area contributed by atoms with Crippen LogP contribution in [0.4, 0.5) is 0 Å². The lowest BCUT2D eigenvalue weighted by atomic mass is 10.0. The average Bonchev–Trinajstić information content (AvgIpc) is 3.41. The standard InChI is InChI=1S/C26H35ClN4O7/c1-16(24(35)30-19(21(32)15-27)14-18-8-5-4-6-9-18)29-25(36)20-10-7-13-31(20)26(37)17(2)28-22(33)11-12-23(34)38-3/h4-6,8-9,16-17,19-20H,7,10-15H2,1-3H3,(H,28,33)(H,29,36)(H,30,35)/t16-,17+,19-,20?/m0/s1. The number of esters is 1. The summed E-state index contributed by atoms with van der Waals surface area (Å²) in [6, 6.07) is 5.62. The van der Waals surface area contributed by atoms with E-state index in [2.05, 4.69) is 20.7 Å². The molecule has 1 heterocycles. The molecule has 0 saturated carbocycles. The number of alkyl halides is 1. The van der Waals surface area contributed by atoms with Gasteiger partial charge in [0.25, 0.3) is 0 Å². The number of rotatable bonds is 13. The monoisotopic (exact) mass is 550 g/mol. The maximum absolute atomic E-state index is 13.0. The SMILES string of the molecule is COC(=O)CCC(=O)N[C@H](C)C(=O)N1CCCC1C(=O)N[C@@H](C)C(=O)N[C@@H](Cc1ccccc1)C(=O)CCl. The van der Waals surface area contributed by atoms with Gasteiger partial charge in [0.05, 0.1) is 25.5 Å². The molecule has 4 atom stereocenters. The molecule has 1 aromatic rings. The Balaban J connectivity index is 1.94. The molecule has 0 aromatic heterocycles. The van der Waals surface area contributed by atoms with Crippen LogP contribution in [0.3, 0.4) is 0 Å². The van der Waals surface area contributed by atoms with E-state index in [9.17, 15) is 28.8 Å². The number of nitrogens with zero attached hydrogens (tertiary/aromatic N) is 1. The molecule has 38 heavy (non-hydrogen) atoms. The van der Waals surface area contributed by atoms with E-state index in [1.807, 2.05) is 30.3 Å². The summed E-state index contributed by atoms with van der Waals surface area (Å²) in [5.74, 6) is -3.15. The Morgan fingerprint density at radius 2 is 1.68 bits per heavy atom. The molecule has 0 bridgehead atoms. The topological polar surface area (TPSA) is 151 Å². The Hall–Kier alpha value is -3.47. The summed E-state index contributed by atoms with van der Waals surface area (Å²) in [5, 5.41) is 7.82. The lowest BCUT2D eigenvalue weighted by molar-refractivity contribution is -0.143. The number of amides is 4. The summed E-state index contributed by atoms with van der Waals surface area (Å²) in [6.45, 7) is 3.31. The number of Topliss-reactive ketones (excluding diaryl/α,β-unsaturated/α-hetero) is 1. The maximum Gasteiger partial charge on any atom is 0.306 e. The molecule has 2 rings (SSSR count). The van der Waals surface area contributed by atoms with Crippen LogP contribution in [-0.2, 0) is 39.9 Å². The lowest BCUT2D eigenvalue weighted by Crippen LogP contribution is -2.56. The molecule has 1 saturated heterocycles. The lowest BCUT2D eigenvalue weighted by Gasteiger charge is -2.28. The van der Waals surface area contributed by atoms with Crippen molar-refractivity contribution in [3.8, 4) is 0 Å². The van der Waals surface area contributed by atoms with E-state index < -0.39 is 53.8 Å². The molecule has 12 heteroatoms. The average molecular weight is 551 g/mol. The van der Waals surface area contributed by atoms with E-state index in [0.29, 0.717) is 19.4 Å². The molecule has 208 valence electrons. The van der Waals surface area contributed by atoms with Gasteiger partial charge >= 0.3 is 5.97 Å². The van der Waals surface area contributed by atoms with Crippen molar-refractivity contribution in [3.63, 3.8) is 0 Å². The van der Waals surface area contributed by atoms with Crippen molar-refractivity contribution in [1.82, 2.24) is 20.9 Å². The summed E-state index contributed by atoms with van der Waals surface area (Å²) in [6.07, 6.45) is 0.999. The number of ketones is 1. The summed E-state index contributed by atoms with van der Waals surface area (Å²) >= 11 is 5.73. The summed E-state index contributed by atoms with van der Waals surface area (Å²) in [5.41, 5.74) is 0.847. The quantitative estimate of drug-likeness (QED) is 0.238. The number of nitrogens with one attached hydrogen (secondary N) is 3. The highest BCUT2D eigenvalue weighted by atomic mass is 35.5. The summed E-state index contributed by atoms with van der Waals surface area (Å²) < 4.78 is 4.50. The molecule has 0 radical (unpaired) electrons. The van der Waals surface area contributed by atoms with Crippen LogP contribution in [0.15, 0.2) is 30.3 Å². The Morgan fingerprint density at radius 1 is 1.00 bits per heavy atom. The Kier molecular flexibility index (Phi) is 12.2. The first-order valence-corrected chi connectivity index (χ1v) is 13.0. The normalized spacial score (nSPS) is 17.1. The fourth-order valence-electron chi connectivity index (χ4n) is 4.10. The number of carbonyl (C=O) groups excluding carboxylic acids is 6. The number of halogens is 1. The highest BCUT2D eigenvalue weighted by Gasteiger charge is 2.37. The second-order valence-corrected chi connectivity index (χ2v) is 9.40. The van der Waals surface area contributed by atoms with Crippen molar-refractivity contribution in [2.24, 2.45) is 0 Å². The fourth-order valence-corrected chi connectivity index (χ4v) is 4.29. The number of carbonyl (C=O) groups is 6. The molecule has 1 unspecified atom stereocenters. The van der Waals surface area contributed by atoms with Gasteiger partial charge < -0.3 is 25.6 Å². The summed E-state index contributed by atoms with van der Waals surface area (Å²) in [7, 11) is 1.22. The van der Waals surface area contributed by atoms with Gasteiger partial charge in [-0.15, -0.1) is 11.6 Å². The second kappa shape index (κ2) is 15.1. The third-order valence-electron chi connectivity index (χ3n) is 6.24. The first-order valence-electron chi connectivity index (χ1n) is 12.5. The number of likely N-dealkylation sites (tertiary alicyclic amines) is 1. The van der Waals surface area contributed by atoms with Gasteiger partial charge in [-0.2, -0.15) is 0 Å². The molecule has 1 fully saturated rings. The number of hydrogen-bond acceptors (Lipinski definition) is 7. The molecular weight excluding hydrogens is 516 g/mol. The van der Waals surface area contributed by atoms with Crippen molar-refractivity contribution in [1.29, 1.82) is 0 Å². The van der Waals surface area contributed by atoms with Crippen molar-refractivity contribution in [2.45, 2.75) is 70.1 Å². The third-order valence-corrected chi connectivity index (χ3v) is 6.51. The van der Waals surface area contributed by atoms with Gasteiger partial charge in [-0.25, -0.2) is 0 Å². The van der Waals surface area contributed by atoms with Gasteiger partial charge in [-0.1, -0.05) is 30.3 Å². The first kappa shape index (κ1) is 30.8. The largest absolute Gasteiger partial charge is 0.469 e. The van der Waals surface area contributed by atoms with E-state index in [0.717, 1.165) is 5.56 Å². The van der Waals surface area contributed by atoms with Gasteiger partial charge in [0.15, 0.2) is 5.78 Å². The highest BCUT2D eigenvalue weighted by Crippen LogP contribution is 2.19. The van der Waals surface area contributed by atoms with Gasteiger partial charge in [0, 0.05) is 13.0 Å². The van der Waals surface area contributed by atoms with E-state index in [-0.39, 0.29) is 30.9 Å². The van der Waals surface area contributed by atoms with Crippen molar-refractivity contribution in [3.05, 3.63) is 35.9 Å². The van der Waals surface area contributed by atoms with Crippen LogP contribution in [0, 0.1) is 0 Å². The van der Waals surface area contributed by atoms with E-state index in [4.69, 9.17) is 11.6 Å². The van der Waals surface area contributed by atoms with E-state index in [1.165, 1.54) is 25.9 Å². The van der Waals surface area contributed by atoms with Crippen LogP contribution in [0.5, 0.6) is 0 Å². The molecule has 0 aliphatic carbocycles. The van der Waals surface area contributed by atoms with Gasteiger partial charge in [-0.3, -0.25) is 28.8 Å². The van der Waals surface area contributed by atoms with Crippen molar-refractivity contribution >= 4 is 47.0 Å². The minimum absolute atomic E-state index is 0.110. The van der Waals surface area contributed by atoms with Gasteiger partial charge in [0.2, 0.25) is 23.6 Å². The van der Waals surface area contributed by atoms with Crippen LogP contribution < -0.4 is 16.0 Å². The zero-order valence-corrected chi connectivity index (χ0v) is 22.6. The van der Waals surface area contributed by atoms with Crippen LogP contribution in [0.2, 0.25) is 0 Å². The van der Waals surface area contributed by atoms with Crippen LogP contribution >= 0.6 is 11.6 Å². The van der Waals surface area contributed by atoms with E-state index >= 15 is 0 Å². The van der Waals surface area contributed by atoms with Crippen molar-refractivity contribution < 1.29 is 33.5 Å². The molecular formula is C26H35ClN4O7. The highest BCUT2D eigenvalue weighted by molar-refractivity contribution is 6.28. The first-order chi connectivity index (χ1) is 18.1. The Bertz CT molecular complexity index is 1020. The maximum atomic E-state index is 13.0. The Morgan fingerprint density at radius 3 is 2.32 bits per heavy atom. The zero-order valence-electron chi connectivity index (χ0n) is 21.8. The Labute approximate surface area is 227 Å². The predicted molar refractivity (Wildman–Crippen MR) is 139 cm³/mol. The molecule has 11 nitrogen and oxygen atoms in total. The smallest absolute Gasteiger partial charge is 0.306 e. The van der Waals surface area contributed by atoms with Crippen LogP contribution in [0.25, 0.3) is 0 Å². The van der Waals surface area contributed by atoms with Gasteiger partial charge in [-0.05, 0) is 38.7 Å². The molecule has 3 N–H and O–H groups in total. The zero-order chi connectivity index (χ0) is 28.2. The molecule has 1 aliphatic rings. The fraction of sp³-hybridized carbons (Fsp3) is 0.538. The number of methoxy groups -OCH3 is 1. The van der Waals surface area contributed by atoms with Crippen LogP contribution in [0.1, 0.15) is 45.1 Å². The molecule has 1 aliphatic heterocycles. The molecule has 1 aromatic carbocycles. The molecule has 0 spiro atoms. The minimum Gasteiger partial charge on any atom is -0.469 e. The number of benzene rings is 1. The predicted octanol–water partition coefficient (Wildman–Crippen LogP) is 0.475. The van der Waals surface area contributed by atoms with Gasteiger partial charge in [0.1, 0.15) is 18.1 Å². The molecule has 4 amide bonds. The van der Waals surface area contributed by atoms with Crippen molar-refractivity contribution in [2.75, 3.05) is 19.5 Å². The number of ether oxygens (including phenoxy) is 1. The minimum atomic E-state index is -0.975. The summed E-state index contributed by atoms with van der Waals surface area (Å²) in [4.78, 5) is 75.7. The van der Waals surface area contributed by atoms with Crippen LogP contribution in [-0.4, -0.2) is 84.0 Å².